The van der Waals surface area contributed by atoms with Crippen molar-refractivity contribution in [3.8, 4) is 5.75 Å². The molecule has 0 bridgehead atoms. The summed E-state index contributed by atoms with van der Waals surface area (Å²) in [4.78, 5) is 0. The average molecular weight is 303 g/mol. The van der Waals surface area contributed by atoms with E-state index in [9.17, 15) is 21.6 Å². The summed E-state index contributed by atoms with van der Waals surface area (Å²) in [7, 11) is 0.0435. The Morgan fingerprint density at radius 1 is 1.39 bits per heavy atom. The van der Waals surface area contributed by atoms with Crippen LogP contribution in [0, 0.1) is 0 Å². The van der Waals surface area contributed by atoms with Gasteiger partial charge < -0.3 is 4.74 Å². The van der Waals surface area contributed by atoms with E-state index in [4.69, 9.17) is 15.4 Å². The largest absolute Gasteiger partial charge is 0.494 e. The highest BCUT2D eigenvalue weighted by Crippen LogP contribution is 2.41. The summed E-state index contributed by atoms with van der Waals surface area (Å²) in [5, 5.41) is -2.76. The molecule has 0 radical (unpaired) electrons. The fourth-order valence-corrected chi connectivity index (χ4v) is 2.85. The van der Waals surface area contributed by atoms with Crippen molar-refractivity contribution in [1.29, 1.82) is 0 Å². The second-order valence-electron chi connectivity index (χ2n) is 3.40. The van der Waals surface area contributed by atoms with E-state index in [1.807, 2.05) is 0 Å². The molecule has 0 N–H and O–H groups in total. The standard InChI is InChI=1S/C10H10ClF3O3S/c1-2-17-8-5-3-4-7(6-8)9(10(12,13)14)18(11,15)16/h3-6,9H,2H2,1H3. The van der Waals surface area contributed by atoms with Crippen molar-refractivity contribution in [3.63, 3.8) is 0 Å². The van der Waals surface area contributed by atoms with Gasteiger partial charge in [-0.2, -0.15) is 13.2 Å². The van der Waals surface area contributed by atoms with Crippen LogP contribution in [-0.2, 0) is 9.05 Å². The predicted octanol–water partition coefficient (Wildman–Crippen LogP) is 3.26. The molecule has 1 aromatic rings. The van der Waals surface area contributed by atoms with Crippen LogP contribution in [0.15, 0.2) is 24.3 Å². The van der Waals surface area contributed by atoms with E-state index in [0.29, 0.717) is 0 Å². The van der Waals surface area contributed by atoms with Crippen molar-refractivity contribution in [1.82, 2.24) is 0 Å². The highest BCUT2D eigenvalue weighted by molar-refractivity contribution is 8.14. The number of rotatable bonds is 4. The van der Waals surface area contributed by atoms with Gasteiger partial charge in [-0.15, -0.1) is 0 Å². The first-order chi connectivity index (χ1) is 8.16. The summed E-state index contributed by atoms with van der Waals surface area (Å²) < 4.78 is 65.3. The predicted molar refractivity (Wildman–Crippen MR) is 61.2 cm³/mol. The van der Waals surface area contributed by atoms with Crippen molar-refractivity contribution in [2.75, 3.05) is 6.61 Å². The van der Waals surface area contributed by atoms with Crippen LogP contribution in [0.3, 0.4) is 0 Å². The number of ether oxygens (including phenoxy) is 1. The Balaban J connectivity index is 3.27. The molecule has 8 heteroatoms. The highest BCUT2D eigenvalue weighted by Gasteiger charge is 2.49. The van der Waals surface area contributed by atoms with Crippen molar-refractivity contribution in [3.05, 3.63) is 29.8 Å². The SMILES string of the molecule is CCOc1cccc(C(C(F)(F)F)S(=O)(=O)Cl)c1. The zero-order valence-electron chi connectivity index (χ0n) is 9.24. The molecule has 3 nitrogen and oxygen atoms in total. The molecule has 1 rings (SSSR count). The topological polar surface area (TPSA) is 43.4 Å². The molecule has 0 aliphatic rings. The van der Waals surface area contributed by atoms with Crippen LogP contribution in [0.25, 0.3) is 0 Å². The van der Waals surface area contributed by atoms with Gasteiger partial charge in [-0.1, -0.05) is 12.1 Å². The summed E-state index contributed by atoms with van der Waals surface area (Å²) in [6, 6.07) is 4.77. The first-order valence-corrected chi connectivity index (χ1v) is 7.26. The van der Waals surface area contributed by atoms with Gasteiger partial charge >= 0.3 is 6.18 Å². The van der Waals surface area contributed by atoms with E-state index >= 15 is 0 Å². The van der Waals surface area contributed by atoms with Gasteiger partial charge in [0.05, 0.1) is 6.61 Å². The quantitative estimate of drug-likeness (QED) is 0.802. The van der Waals surface area contributed by atoms with Crippen molar-refractivity contribution in [2.45, 2.75) is 18.3 Å². The summed E-state index contributed by atoms with van der Waals surface area (Å²) in [6.07, 6.45) is -4.98. The average Bonchev–Trinajstić information content (AvgIpc) is 2.13. The third kappa shape index (κ3) is 3.78. The lowest BCUT2D eigenvalue weighted by Crippen LogP contribution is -2.25. The minimum absolute atomic E-state index is 0.157. The fraction of sp³-hybridized carbons (Fsp3) is 0.400. The number of hydrogen-bond donors (Lipinski definition) is 0. The number of halogens is 4. The fourth-order valence-electron chi connectivity index (χ4n) is 1.45. The monoisotopic (exact) mass is 302 g/mol. The normalized spacial score (nSPS) is 14.3. The first-order valence-electron chi connectivity index (χ1n) is 4.89. The van der Waals surface area contributed by atoms with Crippen LogP contribution in [0.2, 0.25) is 0 Å². The Labute approximate surface area is 107 Å². The number of benzene rings is 1. The lowest BCUT2D eigenvalue weighted by atomic mass is 10.1. The molecule has 1 unspecified atom stereocenters. The van der Waals surface area contributed by atoms with Gasteiger partial charge in [0, 0.05) is 10.7 Å². The molecule has 0 aromatic heterocycles. The van der Waals surface area contributed by atoms with Crippen LogP contribution in [0.1, 0.15) is 17.7 Å². The smallest absolute Gasteiger partial charge is 0.410 e. The van der Waals surface area contributed by atoms with Crippen molar-refractivity contribution < 1.29 is 26.3 Å². The van der Waals surface area contributed by atoms with Gasteiger partial charge in [0.1, 0.15) is 5.75 Å². The summed E-state index contributed by atoms with van der Waals surface area (Å²) >= 11 is 0. The zero-order valence-corrected chi connectivity index (χ0v) is 10.8. The van der Waals surface area contributed by atoms with E-state index in [0.717, 1.165) is 12.1 Å². The van der Waals surface area contributed by atoms with Crippen LogP contribution < -0.4 is 4.74 Å². The molecule has 0 amide bonds. The maximum atomic E-state index is 12.7. The van der Waals surface area contributed by atoms with Crippen LogP contribution in [0.4, 0.5) is 13.2 Å². The molecule has 0 aliphatic carbocycles. The Bertz CT molecular complexity index is 513. The van der Waals surface area contributed by atoms with Crippen molar-refractivity contribution in [2.24, 2.45) is 0 Å². The maximum absolute atomic E-state index is 12.7. The van der Waals surface area contributed by atoms with Crippen molar-refractivity contribution >= 4 is 19.7 Å². The Kier molecular flexibility index (Phi) is 4.50. The van der Waals surface area contributed by atoms with E-state index in [1.165, 1.54) is 12.1 Å². The minimum Gasteiger partial charge on any atom is -0.494 e. The molecule has 1 aromatic carbocycles. The molecular weight excluding hydrogens is 293 g/mol. The molecule has 102 valence electrons. The van der Waals surface area contributed by atoms with Gasteiger partial charge in [0.15, 0.2) is 5.25 Å². The Morgan fingerprint density at radius 3 is 2.44 bits per heavy atom. The summed E-state index contributed by atoms with van der Waals surface area (Å²) in [5.74, 6) is 0.157. The lowest BCUT2D eigenvalue weighted by Gasteiger charge is -2.18. The number of hydrogen-bond acceptors (Lipinski definition) is 3. The number of alkyl halides is 3. The Morgan fingerprint density at radius 2 is 2.00 bits per heavy atom. The molecule has 0 fully saturated rings. The van der Waals surface area contributed by atoms with Gasteiger partial charge in [-0.05, 0) is 24.6 Å². The van der Waals surface area contributed by atoms with Gasteiger partial charge in [0.25, 0.3) is 0 Å². The third-order valence-corrected chi connectivity index (χ3v) is 3.69. The molecule has 0 saturated heterocycles. The Hall–Kier alpha value is -0.950. The first kappa shape index (κ1) is 15.1. The minimum atomic E-state index is -4.98. The summed E-state index contributed by atoms with van der Waals surface area (Å²) in [6.45, 7) is 1.92. The highest BCUT2D eigenvalue weighted by atomic mass is 35.7. The van der Waals surface area contributed by atoms with E-state index in [2.05, 4.69) is 0 Å². The zero-order chi connectivity index (χ0) is 14.0. The third-order valence-electron chi connectivity index (χ3n) is 2.05. The van der Waals surface area contributed by atoms with Gasteiger partial charge in [-0.3, -0.25) is 0 Å². The molecule has 0 aliphatic heterocycles. The van der Waals surface area contributed by atoms with Crippen LogP contribution in [0.5, 0.6) is 5.75 Å². The molecule has 18 heavy (non-hydrogen) atoms. The molecule has 0 heterocycles. The van der Waals surface area contributed by atoms with Crippen LogP contribution in [-0.4, -0.2) is 21.2 Å². The van der Waals surface area contributed by atoms with E-state index in [-0.39, 0.29) is 12.4 Å². The second kappa shape index (κ2) is 5.36. The second-order valence-corrected chi connectivity index (χ2v) is 6.12. The maximum Gasteiger partial charge on any atom is 0.410 e. The van der Waals surface area contributed by atoms with E-state index in [1.54, 1.807) is 6.92 Å². The van der Waals surface area contributed by atoms with Crippen LogP contribution >= 0.6 is 10.7 Å². The molecule has 1 atom stereocenters. The van der Waals surface area contributed by atoms with E-state index < -0.39 is 26.0 Å². The van der Waals surface area contributed by atoms with Gasteiger partial charge in [0.2, 0.25) is 9.05 Å². The molecule has 0 spiro atoms. The van der Waals surface area contributed by atoms with Gasteiger partial charge in [-0.25, -0.2) is 8.42 Å². The molecular formula is C10H10ClF3O3S. The molecule has 0 saturated carbocycles. The lowest BCUT2D eigenvalue weighted by molar-refractivity contribution is -0.131. The summed E-state index contributed by atoms with van der Waals surface area (Å²) in [5.41, 5.74) is -0.469.